The summed E-state index contributed by atoms with van der Waals surface area (Å²) >= 11 is 0. The number of imidazole rings is 1. The molecule has 0 N–H and O–H groups in total. The van der Waals surface area contributed by atoms with Crippen LogP contribution in [-0.4, -0.2) is 45.6 Å². The Hall–Kier alpha value is -2.96. The Labute approximate surface area is 176 Å². The van der Waals surface area contributed by atoms with Crippen LogP contribution in [0.1, 0.15) is 37.9 Å². The number of hydrogen-bond donors (Lipinski definition) is 0. The van der Waals surface area contributed by atoms with Gasteiger partial charge in [-0.05, 0) is 37.8 Å². The van der Waals surface area contributed by atoms with Crippen molar-refractivity contribution in [3.05, 3.63) is 42.5 Å². The van der Waals surface area contributed by atoms with Crippen LogP contribution in [-0.2, 0) is 17.8 Å². The van der Waals surface area contributed by atoms with Crippen LogP contribution >= 0.6 is 0 Å². The van der Waals surface area contributed by atoms with Crippen LogP contribution < -0.4 is 9.80 Å². The van der Waals surface area contributed by atoms with Crippen LogP contribution in [0.2, 0.25) is 0 Å². The van der Waals surface area contributed by atoms with Gasteiger partial charge in [0, 0.05) is 38.8 Å². The normalized spacial score (nSPS) is 19.4. The van der Waals surface area contributed by atoms with E-state index in [1.807, 2.05) is 37.4 Å². The zero-order valence-electron chi connectivity index (χ0n) is 17.5. The lowest BCUT2D eigenvalue weighted by Gasteiger charge is -2.34. The molecule has 1 amide bonds. The van der Waals surface area contributed by atoms with Crippen LogP contribution in [0.25, 0.3) is 11.2 Å². The summed E-state index contributed by atoms with van der Waals surface area (Å²) in [6.07, 6.45) is 8.12. The Morgan fingerprint density at radius 2 is 1.93 bits per heavy atom. The first-order valence-electron chi connectivity index (χ1n) is 11.0. The largest absolute Gasteiger partial charge is 0.354 e. The molecule has 156 valence electrons. The first kappa shape index (κ1) is 19.0. The van der Waals surface area contributed by atoms with E-state index >= 15 is 0 Å². The second kappa shape index (κ2) is 8.05. The molecule has 2 aliphatic heterocycles. The summed E-state index contributed by atoms with van der Waals surface area (Å²) in [7, 11) is 1.87. The topological polar surface area (TPSA) is 67.2 Å². The molecular weight excluding hydrogens is 376 g/mol. The van der Waals surface area contributed by atoms with Gasteiger partial charge in [-0.15, -0.1) is 0 Å². The molecular formula is C23H28N6O. The third kappa shape index (κ3) is 3.42. The molecule has 1 atom stereocenters. The molecule has 30 heavy (non-hydrogen) atoms. The van der Waals surface area contributed by atoms with Gasteiger partial charge in [0.05, 0.1) is 5.92 Å². The van der Waals surface area contributed by atoms with Crippen molar-refractivity contribution in [2.75, 3.05) is 29.9 Å². The highest BCUT2D eigenvalue weighted by atomic mass is 16.2. The summed E-state index contributed by atoms with van der Waals surface area (Å²) in [5, 5.41) is 0. The van der Waals surface area contributed by atoms with E-state index in [9.17, 15) is 4.79 Å². The zero-order valence-corrected chi connectivity index (χ0v) is 17.5. The van der Waals surface area contributed by atoms with E-state index in [2.05, 4.69) is 19.4 Å². The van der Waals surface area contributed by atoms with Crippen molar-refractivity contribution in [3.8, 4) is 0 Å². The van der Waals surface area contributed by atoms with Gasteiger partial charge < -0.3 is 14.4 Å². The summed E-state index contributed by atoms with van der Waals surface area (Å²) < 4.78 is 2.27. The summed E-state index contributed by atoms with van der Waals surface area (Å²) in [5.41, 5.74) is 2.76. The standard InChI is InChI=1S/C23H28N6O/c1-27(18-10-4-2-5-11-18)23(30)17-9-8-13-28(15-17)21-20-22(25-16-24-21)29-14-7-3-6-12-19(29)26-20/h2,4-5,10-11,16-17H,3,6-9,12-15H2,1H3/t17-/m0/s1. The number of piperidine rings is 1. The van der Waals surface area contributed by atoms with Crippen molar-refractivity contribution in [1.82, 2.24) is 19.5 Å². The van der Waals surface area contributed by atoms with Crippen LogP contribution in [0.4, 0.5) is 11.5 Å². The van der Waals surface area contributed by atoms with Crippen LogP contribution in [0.5, 0.6) is 0 Å². The molecule has 1 saturated heterocycles. The number of hydrogen-bond acceptors (Lipinski definition) is 5. The molecule has 2 aliphatic rings. The van der Waals surface area contributed by atoms with Crippen LogP contribution in [0.3, 0.4) is 0 Å². The maximum atomic E-state index is 13.2. The van der Waals surface area contributed by atoms with Gasteiger partial charge in [-0.2, -0.15) is 0 Å². The zero-order chi connectivity index (χ0) is 20.5. The number of carbonyl (C=O) groups excluding carboxylic acids is 1. The molecule has 0 spiro atoms. The van der Waals surface area contributed by atoms with Crippen molar-refractivity contribution >= 4 is 28.6 Å². The quantitative estimate of drug-likeness (QED) is 0.669. The molecule has 2 aromatic heterocycles. The Kier molecular flexibility index (Phi) is 5.11. The van der Waals surface area contributed by atoms with E-state index < -0.39 is 0 Å². The maximum Gasteiger partial charge on any atom is 0.231 e. The van der Waals surface area contributed by atoms with Gasteiger partial charge in [0.25, 0.3) is 0 Å². The fraction of sp³-hybridized carbons (Fsp3) is 0.478. The van der Waals surface area contributed by atoms with Gasteiger partial charge in [0.1, 0.15) is 12.2 Å². The van der Waals surface area contributed by atoms with E-state index in [0.717, 1.165) is 60.8 Å². The van der Waals surface area contributed by atoms with Crippen LogP contribution in [0.15, 0.2) is 36.7 Å². The number of aromatic nitrogens is 4. The highest BCUT2D eigenvalue weighted by Gasteiger charge is 2.31. The molecule has 0 bridgehead atoms. The molecule has 0 unspecified atom stereocenters. The van der Waals surface area contributed by atoms with E-state index in [-0.39, 0.29) is 11.8 Å². The minimum atomic E-state index is -0.0468. The highest BCUT2D eigenvalue weighted by Crippen LogP contribution is 2.30. The summed E-state index contributed by atoms with van der Waals surface area (Å²) in [4.78, 5) is 31.3. The fourth-order valence-electron chi connectivity index (χ4n) is 4.78. The lowest BCUT2D eigenvalue weighted by atomic mass is 9.96. The Bertz CT molecular complexity index is 1050. The molecule has 5 rings (SSSR count). The smallest absolute Gasteiger partial charge is 0.231 e. The average molecular weight is 405 g/mol. The predicted octanol–water partition coefficient (Wildman–Crippen LogP) is 3.43. The lowest BCUT2D eigenvalue weighted by molar-refractivity contribution is -0.122. The van der Waals surface area contributed by atoms with Gasteiger partial charge in [0.15, 0.2) is 17.0 Å². The van der Waals surface area contributed by atoms with Crippen molar-refractivity contribution in [2.24, 2.45) is 5.92 Å². The molecule has 1 fully saturated rings. The number of nitrogens with zero attached hydrogens (tertiary/aromatic N) is 6. The second-order valence-electron chi connectivity index (χ2n) is 8.38. The molecule has 0 saturated carbocycles. The third-order valence-corrected chi connectivity index (χ3v) is 6.42. The summed E-state index contributed by atoms with van der Waals surface area (Å²) in [5.74, 6) is 2.12. The van der Waals surface area contributed by atoms with Crippen molar-refractivity contribution in [1.29, 1.82) is 0 Å². The molecule has 4 heterocycles. The maximum absolute atomic E-state index is 13.2. The Balaban J connectivity index is 1.41. The van der Waals surface area contributed by atoms with Crippen molar-refractivity contribution < 1.29 is 4.79 Å². The minimum Gasteiger partial charge on any atom is -0.354 e. The summed E-state index contributed by atoms with van der Waals surface area (Å²) in [6, 6.07) is 9.85. The Morgan fingerprint density at radius 1 is 1.07 bits per heavy atom. The summed E-state index contributed by atoms with van der Waals surface area (Å²) in [6.45, 7) is 2.54. The first-order chi connectivity index (χ1) is 14.7. The van der Waals surface area contributed by atoms with E-state index in [1.165, 1.54) is 19.3 Å². The SMILES string of the molecule is CN(C(=O)[C@H]1CCCN(c2ncnc3c2nc2n3CCCCC2)C1)c1ccccc1. The highest BCUT2D eigenvalue weighted by molar-refractivity contribution is 5.95. The molecule has 7 heteroatoms. The van der Waals surface area contributed by atoms with Gasteiger partial charge in [0.2, 0.25) is 5.91 Å². The van der Waals surface area contributed by atoms with E-state index in [1.54, 1.807) is 11.2 Å². The molecule has 0 aliphatic carbocycles. The van der Waals surface area contributed by atoms with Crippen molar-refractivity contribution in [2.45, 2.75) is 45.1 Å². The Morgan fingerprint density at radius 3 is 2.80 bits per heavy atom. The minimum absolute atomic E-state index is 0.0468. The number of fused-ring (bicyclic) bond motifs is 3. The monoisotopic (exact) mass is 404 g/mol. The van der Waals surface area contributed by atoms with E-state index in [0.29, 0.717) is 6.54 Å². The van der Waals surface area contributed by atoms with Crippen LogP contribution in [0, 0.1) is 5.92 Å². The van der Waals surface area contributed by atoms with Gasteiger partial charge in [-0.3, -0.25) is 4.79 Å². The predicted molar refractivity (Wildman–Crippen MR) is 118 cm³/mol. The number of aryl methyl sites for hydroxylation is 2. The lowest BCUT2D eigenvalue weighted by Crippen LogP contribution is -2.44. The van der Waals surface area contributed by atoms with Gasteiger partial charge >= 0.3 is 0 Å². The first-order valence-corrected chi connectivity index (χ1v) is 11.0. The number of amides is 1. The molecule has 1 aromatic carbocycles. The number of benzene rings is 1. The number of para-hydroxylation sites is 1. The molecule has 3 aromatic rings. The molecule has 7 nitrogen and oxygen atoms in total. The number of anilines is 2. The average Bonchev–Trinajstić information content (AvgIpc) is 2.99. The number of rotatable bonds is 3. The number of carbonyl (C=O) groups is 1. The van der Waals surface area contributed by atoms with Gasteiger partial charge in [-0.1, -0.05) is 24.6 Å². The third-order valence-electron chi connectivity index (χ3n) is 6.42. The van der Waals surface area contributed by atoms with Crippen molar-refractivity contribution in [3.63, 3.8) is 0 Å². The second-order valence-corrected chi connectivity index (χ2v) is 8.38. The van der Waals surface area contributed by atoms with E-state index in [4.69, 9.17) is 4.98 Å². The van der Waals surface area contributed by atoms with Gasteiger partial charge in [-0.25, -0.2) is 15.0 Å². The fourth-order valence-corrected chi connectivity index (χ4v) is 4.78. The molecule has 0 radical (unpaired) electrons.